The van der Waals surface area contributed by atoms with Gasteiger partial charge in [0.15, 0.2) is 0 Å². The van der Waals surface area contributed by atoms with Crippen molar-refractivity contribution in [1.82, 2.24) is 14.7 Å². The van der Waals surface area contributed by atoms with Crippen LogP contribution in [0.15, 0.2) is 0 Å². The minimum absolute atomic E-state index is 0.328. The van der Waals surface area contributed by atoms with Crippen molar-refractivity contribution >= 4 is 11.6 Å². The van der Waals surface area contributed by atoms with Gasteiger partial charge in [0.2, 0.25) is 0 Å². The molecule has 4 nitrogen and oxygen atoms in total. The Kier molecular flexibility index (Phi) is 4.13. The highest BCUT2D eigenvalue weighted by Crippen LogP contribution is 2.19. The summed E-state index contributed by atoms with van der Waals surface area (Å²) < 4.78 is 1.67. The number of aryl methyl sites for hydroxylation is 2. The molecule has 0 aliphatic heterocycles. The lowest BCUT2D eigenvalue weighted by atomic mass is 10.2. The second-order valence-corrected chi connectivity index (χ2v) is 4.38. The maximum Gasteiger partial charge on any atom is 0.131 e. The number of likely N-dealkylation sites (N-methyl/N-ethyl adjacent to an activating group) is 1. The van der Waals surface area contributed by atoms with Crippen molar-refractivity contribution in [3.63, 3.8) is 0 Å². The van der Waals surface area contributed by atoms with Gasteiger partial charge < -0.3 is 5.11 Å². The first kappa shape index (κ1) is 12.5. The number of halogens is 1. The molecule has 0 aliphatic carbocycles. The van der Waals surface area contributed by atoms with Crippen LogP contribution in [0, 0.1) is 6.92 Å². The summed E-state index contributed by atoms with van der Waals surface area (Å²) in [5.74, 6) is 0. The molecule has 0 saturated carbocycles. The number of aliphatic hydroxyl groups excluding tert-OH is 1. The van der Waals surface area contributed by atoms with E-state index in [1.807, 2.05) is 25.9 Å². The summed E-state index contributed by atoms with van der Waals surface area (Å²) in [6.07, 6.45) is -0.328. The Bertz CT molecular complexity index is 336. The van der Waals surface area contributed by atoms with Crippen molar-refractivity contribution in [3.05, 3.63) is 16.4 Å². The standard InChI is InChI=1S/C10H18ClN3O/c1-7(15)5-13(3)6-9-8(2)12-14(4)10(9)11/h7,15H,5-6H2,1-4H3. The number of rotatable bonds is 4. The molecule has 1 N–H and O–H groups in total. The number of aliphatic hydroxyl groups is 1. The van der Waals surface area contributed by atoms with Crippen LogP contribution in [0.3, 0.4) is 0 Å². The van der Waals surface area contributed by atoms with Gasteiger partial charge in [-0.25, -0.2) is 0 Å². The molecule has 0 saturated heterocycles. The maximum absolute atomic E-state index is 9.25. The van der Waals surface area contributed by atoms with Crippen LogP contribution in [-0.2, 0) is 13.6 Å². The van der Waals surface area contributed by atoms with Crippen LogP contribution in [0.25, 0.3) is 0 Å². The lowest BCUT2D eigenvalue weighted by molar-refractivity contribution is 0.138. The molecule has 0 amide bonds. The van der Waals surface area contributed by atoms with Crippen molar-refractivity contribution in [2.75, 3.05) is 13.6 Å². The zero-order chi connectivity index (χ0) is 11.6. The van der Waals surface area contributed by atoms with Gasteiger partial charge in [0.25, 0.3) is 0 Å². The zero-order valence-corrected chi connectivity index (χ0v) is 10.4. The summed E-state index contributed by atoms with van der Waals surface area (Å²) in [5, 5.41) is 14.2. The molecule has 1 aromatic rings. The molecule has 1 unspecified atom stereocenters. The van der Waals surface area contributed by atoms with Crippen LogP contribution in [-0.4, -0.2) is 39.5 Å². The van der Waals surface area contributed by atoms with Gasteiger partial charge in [0.05, 0.1) is 11.8 Å². The molecule has 1 aromatic heterocycles. The van der Waals surface area contributed by atoms with E-state index in [1.54, 1.807) is 11.6 Å². The first-order valence-corrected chi connectivity index (χ1v) is 5.34. The van der Waals surface area contributed by atoms with Gasteiger partial charge in [-0.2, -0.15) is 5.10 Å². The van der Waals surface area contributed by atoms with Crippen LogP contribution < -0.4 is 0 Å². The summed E-state index contributed by atoms with van der Waals surface area (Å²) in [6.45, 7) is 5.06. The Morgan fingerprint density at radius 2 is 2.20 bits per heavy atom. The van der Waals surface area contributed by atoms with Crippen molar-refractivity contribution in [2.24, 2.45) is 7.05 Å². The summed E-state index contributed by atoms with van der Waals surface area (Å²) in [7, 11) is 3.78. The normalized spacial score (nSPS) is 13.5. The maximum atomic E-state index is 9.25. The van der Waals surface area contributed by atoms with Gasteiger partial charge in [-0.1, -0.05) is 11.6 Å². The minimum atomic E-state index is -0.328. The van der Waals surface area contributed by atoms with Crippen molar-refractivity contribution < 1.29 is 5.11 Å². The van der Waals surface area contributed by atoms with E-state index in [0.717, 1.165) is 11.3 Å². The Balaban J connectivity index is 2.71. The summed E-state index contributed by atoms with van der Waals surface area (Å²) >= 11 is 6.11. The lowest BCUT2D eigenvalue weighted by Gasteiger charge is -2.18. The summed E-state index contributed by atoms with van der Waals surface area (Å²) in [4.78, 5) is 2.03. The molecule has 0 spiro atoms. The molecule has 86 valence electrons. The molecule has 1 atom stereocenters. The fourth-order valence-corrected chi connectivity index (χ4v) is 1.87. The van der Waals surface area contributed by atoms with E-state index in [1.165, 1.54) is 0 Å². The highest BCUT2D eigenvalue weighted by atomic mass is 35.5. The predicted octanol–water partition coefficient (Wildman–Crippen LogP) is 1.19. The molecule has 5 heteroatoms. The number of aromatic nitrogens is 2. The second kappa shape index (κ2) is 4.96. The Morgan fingerprint density at radius 1 is 1.60 bits per heavy atom. The van der Waals surface area contributed by atoms with Gasteiger partial charge in [0.1, 0.15) is 5.15 Å². The average Bonchev–Trinajstić information content (AvgIpc) is 2.31. The Morgan fingerprint density at radius 3 is 2.60 bits per heavy atom. The highest BCUT2D eigenvalue weighted by molar-refractivity contribution is 6.30. The van der Waals surface area contributed by atoms with Crippen LogP contribution >= 0.6 is 11.6 Å². The SMILES string of the molecule is Cc1nn(C)c(Cl)c1CN(C)CC(C)O. The third-order valence-corrected chi connectivity index (χ3v) is 2.75. The van der Waals surface area contributed by atoms with E-state index in [9.17, 15) is 5.11 Å². The quantitative estimate of drug-likeness (QED) is 0.847. The molecule has 0 radical (unpaired) electrons. The van der Waals surface area contributed by atoms with Crippen LogP contribution in [0.2, 0.25) is 5.15 Å². The molecule has 15 heavy (non-hydrogen) atoms. The number of nitrogens with zero attached hydrogens (tertiary/aromatic N) is 3. The van der Waals surface area contributed by atoms with Gasteiger partial charge >= 0.3 is 0 Å². The monoisotopic (exact) mass is 231 g/mol. The largest absolute Gasteiger partial charge is 0.392 e. The highest BCUT2D eigenvalue weighted by Gasteiger charge is 2.13. The van der Waals surface area contributed by atoms with E-state index >= 15 is 0 Å². The Labute approximate surface area is 95.5 Å². The first-order chi connectivity index (χ1) is 6.91. The fraction of sp³-hybridized carbons (Fsp3) is 0.700. The topological polar surface area (TPSA) is 41.3 Å². The van der Waals surface area contributed by atoms with Gasteiger partial charge in [-0.15, -0.1) is 0 Å². The molecule has 1 rings (SSSR count). The van der Waals surface area contributed by atoms with E-state index in [0.29, 0.717) is 18.2 Å². The fourth-order valence-electron chi connectivity index (χ4n) is 1.64. The molecule has 0 bridgehead atoms. The van der Waals surface area contributed by atoms with Gasteiger partial charge in [-0.3, -0.25) is 9.58 Å². The third-order valence-electron chi connectivity index (χ3n) is 2.27. The van der Waals surface area contributed by atoms with E-state index in [2.05, 4.69) is 5.10 Å². The molecule has 0 fully saturated rings. The third kappa shape index (κ3) is 3.19. The average molecular weight is 232 g/mol. The van der Waals surface area contributed by atoms with Crippen LogP contribution in [0.1, 0.15) is 18.2 Å². The minimum Gasteiger partial charge on any atom is -0.392 e. The Hall–Kier alpha value is -0.580. The van der Waals surface area contributed by atoms with Gasteiger partial charge in [-0.05, 0) is 20.9 Å². The van der Waals surface area contributed by atoms with Crippen molar-refractivity contribution in [1.29, 1.82) is 0 Å². The van der Waals surface area contributed by atoms with Crippen LogP contribution in [0.4, 0.5) is 0 Å². The molecule has 0 aromatic carbocycles. The van der Waals surface area contributed by atoms with Crippen molar-refractivity contribution in [3.8, 4) is 0 Å². The molecular formula is C10H18ClN3O. The van der Waals surface area contributed by atoms with E-state index in [-0.39, 0.29) is 6.10 Å². The molecule has 1 heterocycles. The zero-order valence-electron chi connectivity index (χ0n) is 9.66. The number of hydrogen-bond acceptors (Lipinski definition) is 3. The summed E-state index contributed by atoms with van der Waals surface area (Å²) in [6, 6.07) is 0. The van der Waals surface area contributed by atoms with Gasteiger partial charge in [0, 0.05) is 25.7 Å². The smallest absolute Gasteiger partial charge is 0.131 e. The van der Waals surface area contributed by atoms with Crippen LogP contribution in [0.5, 0.6) is 0 Å². The summed E-state index contributed by atoms with van der Waals surface area (Å²) in [5.41, 5.74) is 1.97. The second-order valence-electron chi connectivity index (χ2n) is 4.02. The van der Waals surface area contributed by atoms with E-state index < -0.39 is 0 Å². The predicted molar refractivity (Wildman–Crippen MR) is 61.0 cm³/mol. The van der Waals surface area contributed by atoms with E-state index in [4.69, 9.17) is 11.6 Å². The number of hydrogen-bond donors (Lipinski definition) is 1. The first-order valence-electron chi connectivity index (χ1n) is 4.96. The lowest BCUT2D eigenvalue weighted by Crippen LogP contribution is -2.27. The molecule has 0 aliphatic rings. The molecular weight excluding hydrogens is 214 g/mol. The van der Waals surface area contributed by atoms with Crippen molar-refractivity contribution in [2.45, 2.75) is 26.5 Å².